The molecule has 0 aromatic carbocycles. The number of nitriles is 1. The molecule has 0 radical (unpaired) electrons. The molecule has 1 rings (SSSR count). The second kappa shape index (κ2) is 4.03. The molecule has 0 aliphatic rings. The predicted molar refractivity (Wildman–Crippen MR) is 57.0 cm³/mol. The molecule has 0 amide bonds. The third-order valence-corrected chi connectivity index (χ3v) is 2.50. The van der Waals surface area contributed by atoms with Crippen molar-refractivity contribution in [2.75, 3.05) is 0 Å². The Morgan fingerprint density at radius 2 is 2.13 bits per heavy atom. The fraction of sp³-hybridized carbons (Fsp3) is 0.636. The topological polar surface area (TPSA) is 61.8 Å². The number of aliphatic hydroxyl groups is 1. The van der Waals surface area contributed by atoms with Crippen LogP contribution in [0.1, 0.15) is 45.5 Å². The van der Waals surface area contributed by atoms with Crippen LogP contribution in [0.15, 0.2) is 12.5 Å². The summed E-state index contributed by atoms with van der Waals surface area (Å²) in [5.74, 6) is 0. The molecule has 82 valence electrons. The Hall–Kier alpha value is -1.34. The van der Waals surface area contributed by atoms with E-state index in [4.69, 9.17) is 5.26 Å². The van der Waals surface area contributed by atoms with E-state index in [0.717, 1.165) is 0 Å². The number of hydrogen-bond acceptors (Lipinski definition) is 3. The summed E-state index contributed by atoms with van der Waals surface area (Å²) in [6, 6.07) is 2.33. The Labute approximate surface area is 90.2 Å². The lowest BCUT2D eigenvalue weighted by atomic mass is 9.86. The molecule has 1 heterocycles. The first-order valence-corrected chi connectivity index (χ1v) is 5.01. The van der Waals surface area contributed by atoms with Crippen molar-refractivity contribution in [1.29, 1.82) is 5.26 Å². The summed E-state index contributed by atoms with van der Waals surface area (Å²) in [6.07, 6.45) is 2.48. The standard InChI is InChI=1S/C11H17N3O/c1-8(2)14-7-13-5-9(14)10(15)11(3,4)6-12/h5,7-8,10,15H,1-4H3. The molecule has 0 saturated carbocycles. The monoisotopic (exact) mass is 207 g/mol. The summed E-state index contributed by atoms with van der Waals surface area (Å²) in [6.45, 7) is 7.46. The van der Waals surface area contributed by atoms with Crippen molar-refractivity contribution in [2.24, 2.45) is 5.41 Å². The van der Waals surface area contributed by atoms with E-state index in [-0.39, 0.29) is 6.04 Å². The SMILES string of the molecule is CC(C)n1cncc1C(O)C(C)(C)C#N. The summed E-state index contributed by atoms with van der Waals surface area (Å²) < 4.78 is 1.88. The number of hydrogen-bond donors (Lipinski definition) is 1. The van der Waals surface area contributed by atoms with Crippen molar-refractivity contribution in [3.05, 3.63) is 18.2 Å². The van der Waals surface area contributed by atoms with Crippen LogP contribution < -0.4 is 0 Å². The van der Waals surface area contributed by atoms with E-state index in [2.05, 4.69) is 11.1 Å². The normalized spacial score (nSPS) is 13.9. The molecule has 0 fully saturated rings. The minimum absolute atomic E-state index is 0.228. The van der Waals surface area contributed by atoms with E-state index in [9.17, 15) is 5.11 Å². The Morgan fingerprint density at radius 3 is 2.60 bits per heavy atom. The van der Waals surface area contributed by atoms with Gasteiger partial charge in [0.25, 0.3) is 0 Å². The van der Waals surface area contributed by atoms with Crippen molar-refractivity contribution in [2.45, 2.75) is 39.8 Å². The average Bonchev–Trinajstić information content (AvgIpc) is 2.64. The first-order valence-electron chi connectivity index (χ1n) is 5.01. The van der Waals surface area contributed by atoms with Gasteiger partial charge in [0.2, 0.25) is 0 Å². The molecule has 1 aromatic heterocycles. The highest BCUT2D eigenvalue weighted by molar-refractivity contribution is 5.12. The Kier molecular flexibility index (Phi) is 3.15. The van der Waals surface area contributed by atoms with Crippen LogP contribution in [0.4, 0.5) is 0 Å². The van der Waals surface area contributed by atoms with Crippen LogP contribution in [0, 0.1) is 16.7 Å². The van der Waals surface area contributed by atoms with Crippen LogP contribution >= 0.6 is 0 Å². The molecular formula is C11H17N3O. The minimum atomic E-state index is -0.813. The van der Waals surface area contributed by atoms with E-state index in [1.165, 1.54) is 0 Å². The average molecular weight is 207 g/mol. The predicted octanol–water partition coefficient (Wildman–Crippen LogP) is 2.05. The van der Waals surface area contributed by atoms with E-state index >= 15 is 0 Å². The van der Waals surface area contributed by atoms with Gasteiger partial charge < -0.3 is 9.67 Å². The maximum Gasteiger partial charge on any atom is 0.114 e. The molecule has 4 heteroatoms. The van der Waals surface area contributed by atoms with Gasteiger partial charge in [0.05, 0.1) is 29.7 Å². The van der Waals surface area contributed by atoms with E-state index < -0.39 is 11.5 Å². The highest BCUT2D eigenvalue weighted by atomic mass is 16.3. The Balaban J connectivity index is 3.07. The van der Waals surface area contributed by atoms with Crippen LogP contribution in [0.2, 0.25) is 0 Å². The lowest BCUT2D eigenvalue weighted by Crippen LogP contribution is -2.23. The molecule has 1 aromatic rings. The highest BCUT2D eigenvalue weighted by Crippen LogP contribution is 2.33. The zero-order valence-corrected chi connectivity index (χ0v) is 9.60. The van der Waals surface area contributed by atoms with Gasteiger partial charge in [0, 0.05) is 6.04 Å². The van der Waals surface area contributed by atoms with Gasteiger partial charge >= 0.3 is 0 Å². The summed E-state index contributed by atoms with van der Waals surface area (Å²) in [5, 5.41) is 19.0. The van der Waals surface area contributed by atoms with Crippen LogP contribution in [0.5, 0.6) is 0 Å². The highest BCUT2D eigenvalue weighted by Gasteiger charge is 2.31. The zero-order valence-electron chi connectivity index (χ0n) is 9.60. The summed E-state index contributed by atoms with van der Waals surface area (Å²) in [4.78, 5) is 4.01. The molecule has 0 aliphatic heterocycles. The molecular weight excluding hydrogens is 190 g/mol. The van der Waals surface area contributed by atoms with Gasteiger partial charge in [-0.2, -0.15) is 5.26 Å². The smallest absolute Gasteiger partial charge is 0.114 e. The maximum absolute atomic E-state index is 10.1. The minimum Gasteiger partial charge on any atom is -0.385 e. The summed E-state index contributed by atoms with van der Waals surface area (Å²) in [5.41, 5.74) is -0.108. The van der Waals surface area contributed by atoms with Crippen molar-refractivity contribution < 1.29 is 5.11 Å². The largest absolute Gasteiger partial charge is 0.385 e. The van der Waals surface area contributed by atoms with Gasteiger partial charge in [-0.1, -0.05) is 0 Å². The molecule has 0 aliphatic carbocycles. The van der Waals surface area contributed by atoms with E-state index in [1.54, 1.807) is 26.4 Å². The quantitative estimate of drug-likeness (QED) is 0.825. The van der Waals surface area contributed by atoms with Crippen LogP contribution in [-0.2, 0) is 0 Å². The number of aromatic nitrogens is 2. The fourth-order valence-electron chi connectivity index (χ4n) is 1.39. The van der Waals surface area contributed by atoms with Gasteiger partial charge in [-0.3, -0.25) is 0 Å². The second-order valence-electron chi connectivity index (χ2n) is 4.56. The molecule has 0 spiro atoms. The van der Waals surface area contributed by atoms with Gasteiger partial charge in [0.15, 0.2) is 0 Å². The van der Waals surface area contributed by atoms with Crippen molar-refractivity contribution in [1.82, 2.24) is 9.55 Å². The van der Waals surface area contributed by atoms with Gasteiger partial charge in [-0.25, -0.2) is 4.98 Å². The summed E-state index contributed by atoms with van der Waals surface area (Å²) >= 11 is 0. The number of rotatable bonds is 3. The van der Waals surface area contributed by atoms with Crippen LogP contribution in [-0.4, -0.2) is 14.7 Å². The molecule has 1 atom stereocenters. The van der Waals surface area contributed by atoms with E-state index in [0.29, 0.717) is 5.69 Å². The molecule has 0 bridgehead atoms. The first kappa shape index (κ1) is 11.7. The van der Waals surface area contributed by atoms with Crippen molar-refractivity contribution >= 4 is 0 Å². The lowest BCUT2D eigenvalue weighted by molar-refractivity contribution is 0.0782. The summed E-state index contributed by atoms with van der Waals surface area (Å²) in [7, 11) is 0. The number of imidazole rings is 1. The fourth-order valence-corrected chi connectivity index (χ4v) is 1.39. The Bertz CT molecular complexity index is 373. The van der Waals surface area contributed by atoms with Crippen LogP contribution in [0.3, 0.4) is 0 Å². The third-order valence-electron chi connectivity index (χ3n) is 2.50. The maximum atomic E-state index is 10.1. The second-order valence-corrected chi connectivity index (χ2v) is 4.56. The molecule has 1 N–H and O–H groups in total. The first-order chi connectivity index (χ1) is 6.90. The Morgan fingerprint density at radius 1 is 1.53 bits per heavy atom. The number of nitrogens with zero attached hydrogens (tertiary/aromatic N) is 3. The lowest BCUT2D eigenvalue weighted by Gasteiger charge is -2.25. The molecule has 1 unspecified atom stereocenters. The zero-order chi connectivity index (χ0) is 11.6. The third kappa shape index (κ3) is 2.18. The van der Waals surface area contributed by atoms with Crippen molar-refractivity contribution in [3.63, 3.8) is 0 Å². The molecule has 0 saturated heterocycles. The van der Waals surface area contributed by atoms with Gasteiger partial charge in [-0.15, -0.1) is 0 Å². The van der Waals surface area contributed by atoms with Crippen molar-refractivity contribution in [3.8, 4) is 6.07 Å². The molecule has 4 nitrogen and oxygen atoms in total. The number of aliphatic hydroxyl groups excluding tert-OH is 1. The van der Waals surface area contributed by atoms with E-state index in [1.807, 2.05) is 18.4 Å². The van der Waals surface area contributed by atoms with Gasteiger partial charge in [-0.05, 0) is 27.7 Å². The molecule has 15 heavy (non-hydrogen) atoms. The van der Waals surface area contributed by atoms with Gasteiger partial charge in [0.1, 0.15) is 6.10 Å². The van der Waals surface area contributed by atoms with Crippen LogP contribution in [0.25, 0.3) is 0 Å².